The Labute approximate surface area is 175 Å². The van der Waals surface area contributed by atoms with Crippen LogP contribution in [0.3, 0.4) is 0 Å². The maximum Gasteiger partial charge on any atom is 0.344 e. The molecule has 3 aromatic rings. The van der Waals surface area contributed by atoms with E-state index >= 15 is 0 Å². The molecule has 0 aliphatic heterocycles. The van der Waals surface area contributed by atoms with E-state index in [1.165, 1.54) is 25.7 Å². The van der Waals surface area contributed by atoms with Crippen molar-refractivity contribution >= 4 is 34.0 Å². The highest BCUT2D eigenvalue weighted by atomic mass is 79.9. The summed E-state index contributed by atoms with van der Waals surface area (Å²) >= 11 is 3.33. The van der Waals surface area contributed by atoms with E-state index < -0.39 is 5.97 Å². The van der Waals surface area contributed by atoms with Gasteiger partial charge in [-0.1, -0.05) is 12.1 Å². The second-order valence-electron chi connectivity index (χ2n) is 5.71. The Balaban J connectivity index is 1.69. The third kappa shape index (κ3) is 5.26. The first-order valence-corrected chi connectivity index (χ1v) is 9.26. The van der Waals surface area contributed by atoms with Crippen LogP contribution in [0.2, 0.25) is 0 Å². The van der Waals surface area contributed by atoms with Crippen LogP contribution in [0.4, 0.5) is 0 Å². The number of aromatic nitrogens is 1. The molecule has 1 aromatic heterocycles. The first-order chi connectivity index (χ1) is 14.1. The average molecular weight is 454 g/mol. The molecule has 1 heterocycles. The van der Waals surface area contributed by atoms with Crippen LogP contribution in [0.1, 0.15) is 26.3 Å². The molecule has 0 fully saturated rings. The van der Waals surface area contributed by atoms with Crippen molar-refractivity contribution in [3.8, 4) is 11.5 Å². The first-order valence-electron chi connectivity index (χ1n) is 8.46. The maximum atomic E-state index is 12.4. The molecule has 0 saturated carbocycles. The second-order valence-corrected chi connectivity index (χ2v) is 6.57. The number of hydrazone groups is 1. The summed E-state index contributed by atoms with van der Waals surface area (Å²) in [6.07, 6.45) is 4.51. The third-order valence-electron chi connectivity index (χ3n) is 3.81. The van der Waals surface area contributed by atoms with Crippen LogP contribution in [0.5, 0.6) is 11.5 Å². The molecule has 29 heavy (non-hydrogen) atoms. The zero-order chi connectivity index (χ0) is 20.6. The van der Waals surface area contributed by atoms with Gasteiger partial charge in [-0.3, -0.25) is 9.78 Å². The highest BCUT2D eigenvalue weighted by Crippen LogP contribution is 2.29. The number of nitrogens with zero attached hydrogens (tertiary/aromatic N) is 2. The lowest BCUT2D eigenvalue weighted by Crippen LogP contribution is -2.17. The molecule has 0 radical (unpaired) electrons. The number of hydrogen-bond acceptors (Lipinski definition) is 6. The molecule has 8 heteroatoms. The Hall–Kier alpha value is -3.52. The zero-order valence-electron chi connectivity index (χ0n) is 15.3. The van der Waals surface area contributed by atoms with Gasteiger partial charge < -0.3 is 9.47 Å². The fourth-order valence-electron chi connectivity index (χ4n) is 2.36. The normalized spacial score (nSPS) is 10.6. The van der Waals surface area contributed by atoms with Crippen LogP contribution in [0.15, 0.2) is 76.6 Å². The largest absolute Gasteiger partial charge is 0.493 e. The van der Waals surface area contributed by atoms with Crippen molar-refractivity contribution in [1.29, 1.82) is 0 Å². The van der Waals surface area contributed by atoms with E-state index in [2.05, 4.69) is 31.4 Å². The van der Waals surface area contributed by atoms with Crippen molar-refractivity contribution in [3.05, 3.63) is 88.2 Å². The lowest BCUT2D eigenvalue weighted by molar-refractivity contribution is 0.0728. The Bertz CT molecular complexity index is 1050. The molecule has 0 aliphatic carbocycles. The molecule has 2 aromatic carbocycles. The monoisotopic (exact) mass is 453 g/mol. The van der Waals surface area contributed by atoms with Gasteiger partial charge in [0.15, 0.2) is 11.5 Å². The minimum atomic E-state index is -0.512. The molecule has 0 spiro atoms. The number of amides is 1. The number of ether oxygens (including phenoxy) is 2. The number of carbonyl (C=O) groups excluding carboxylic acids is 2. The van der Waals surface area contributed by atoms with Crippen LogP contribution in [0.25, 0.3) is 0 Å². The summed E-state index contributed by atoms with van der Waals surface area (Å²) in [4.78, 5) is 28.2. The van der Waals surface area contributed by atoms with E-state index in [0.29, 0.717) is 26.9 Å². The van der Waals surface area contributed by atoms with E-state index in [1.807, 2.05) is 6.07 Å². The van der Waals surface area contributed by atoms with Crippen LogP contribution in [0, 0.1) is 0 Å². The molecular weight excluding hydrogens is 438 g/mol. The van der Waals surface area contributed by atoms with E-state index in [4.69, 9.17) is 9.47 Å². The number of methoxy groups -OCH3 is 1. The number of halogens is 1. The van der Waals surface area contributed by atoms with Crippen molar-refractivity contribution in [1.82, 2.24) is 10.4 Å². The molecule has 0 bridgehead atoms. The summed E-state index contributed by atoms with van der Waals surface area (Å²) in [6.45, 7) is 0. The van der Waals surface area contributed by atoms with Gasteiger partial charge in [-0.15, -0.1) is 0 Å². The number of carbonyl (C=O) groups is 2. The fourth-order valence-corrected chi connectivity index (χ4v) is 2.81. The maximum absolute atomic E-state index is 12.4. The zero-order valence-corrected chi connectivity index (χ0v) is 16.9. The van der Waals surface area contributed by atoms with Crippen LogP contribution in [-0.4, -0.2) is 30.2 Å². The molecule has 1 amide bonds. The molecule has 0 saturated heterocycles. The number of hydrogen-bond donors (Lipinski definition) is 1. The summed E-state index contributed by atoms with van der Waals surface area (Å²) < 4.78 is 11.4. The number of pyridine rings is 1. The lowest BCUT2D eigenvalue weighted by atomic mass is 10.2. The minimum Gasteiger partial charge on any atom is -0.493 e. The molecule has 0 unspecified atom stereocenters. The summed E-state index contributed by atoms with van der Waals surface area (Å²) in [5.74, 6) is -0.238. The number of rotatable bonds is 6. The van der Waals surface area contributed by atoms with Crippen LogP contribution < -0.4 is 14.9 Å². The Kier molecular flexibility index (Phi) is 6.70. The molecule has 3 rings (SSSR count). The molecule has 0 atom stereocenters. The quantitative estimate of drug-likeness (QED) is 0.265. The number of nitrogens with one attached hydrogen (secondary N) is 1. The summed E-state index contributed by atoms with van der Waals surface area (Å²) in [5, 5.41) is 3.93. The third-order valence-corrected chi connectivity index (χ3v) is 4.50. The second kappa shape index (κ2) is 9.61. The molecular formula is C21H16BrN3O4. The van der Waals surface area contributed by atoms with E-state index in [9.17, 15) is 9.59 Å². The smallest absolute Gasteiger partial charge is 0.344 e. The average Bonchev–Trinajstić information content (AvgIpc) is 2.75. The Morgan fingerprint density at radius 3 is 2.55 bits per heavy atom. The van der Waals surface area contributed by atoms with E-state index in [1.54, 1.807) is 48.5 Å². The van der Waals surface area contributed by atoms with Gasteiger partial charge in [0.05, 0.1) is 18.9 Å². The van der Waals surface area contributed by atoms with Crippen molar-refractivity contribution in [2.45, 2.75) is 0 Å². The van der Waals surface area contributed by atoms with Crippen LogP contribution in [-0.2, 0) is 0 Å². The summed E-state index contributed by atoms with van der Waals surface area (Å²) in [6, 6.07) is 15.1. The van der Waals surface area contributed by atoms with Gasteiger partial charge >= 0.3 is 5.97 Å². The predicted molar refractivity (Wildman–Crippen MR) is 111 cm³/mol. The Morgan fingerprint density at radius 2 is 1.83 bits per heavy atom. The summed E-state index contributed by atoms with van der Waals surface area (Å²) in [7, 11) is 1.47. The number of benzene rings is 2. The van der Waals surface area contributed by atoms with E-state index in [0.717, 1.165) is 0 Å². The Morgan fingerprint density at radius 1 is 1.07 bits per heavy atom. The van der Waals surface area contributed by atoms with Crippen molar-refractivity contribution in [3.63, 3.8) is 0 Å². The van der Waals surface area contributed by atoms with Gasteiger partial charge in [0.2, 0.25) is 0 Å². The highest BCUT2D eigenvalue weighted by Gasteiger charge is 2.15. The van der Waals surface area contributed by atoms with Crippen LogP contribution >= 0.6 is 15.9 Å². The van der Waals surface area contributed by atoms with Gasteiger partial charge in [-0.25, -0.2) is 10.2 Å². The molecule has 7 nitrogen and oxygen atoms in total. The van der Waals surface area contributed by atoms with Gasteiger partial charge in [-0.2, -0.15) is 5.10 Å². The highest BCUT2D eigenvalue weighted by molar-refractivity contribution is 9.10. The SMILES string of the molecule is COc1cc(C=NNC(=O)c2ccncc2)ccc1OC(=O)c1ccccc1Br. The first kappa shape index (κ1) is 20.2. The van der Waals surface area contributed by atoms with Crippen molar-refractivity contribution < 1.29 is 19.1 Å². The van der Waals surface area contributed by atoms with Gasteiger partial charge in [0.1, 0.15) is 0 Å². The lowest BCUT2D eigenvalue weighted by Gasteiger charge is -2.10. The van der Waals surface area contributed by atoms with E-state index in [-0.39, 0.29) is 11.7 Å². The molecule has 146 valence electrons. The van der Waals surface area contributed by atoms with Gasteiger partial charge in [0, 0.05) is 22.4 Å². The molecule has 1 N–H and O–H groups in total. The predicted octanol–water partition coefficient (Wildman–Crippen LogP) is 3.84. The standard InChI is InChI=1S/C21H16BrN3O4/c1-28-19-12-14(13-24-25-20(26)15-8-10-23-11-9-15)6-7-18(19)29-21(27)16-4-2-3-5-17(16)22/h2-13H,1H3,(H,25,26). The van der Waals surface area contributed by atoms with Crippen molar-refractivity contribution in [2.24, 2.45) is 5.10 Å². The van der Waals surface area contributed by atoms with Crippen molar-refractivity contribution in [2.75, 3.05) is 7.11 Å². The molecule has 0 aliphatic rings. The summed E-state index contributed by atoms with van der Waals surface area (Å²) in [5.41, 5.74) is 3.93. The topological polar surface area (TPSA) is 89.9 Å². The fraction of sp³-hybridized carbons (Fsp3) is 0.0476. The van der Waals surface area contributed by atoms with Gasteiger partial charge in [0.25, 0.3) is 5.91 Å². The number of esters is 1. The van der Waals surface area contributed by atoms with Gasteiger partial charge in [-0.05, 0) is 64.0 Å². The minimum absolute atomic E-state index is 0.270.